The van der Waals surface area contributed by atoms with E-state index in [0.717, 1.165) is 13.1 Å². The van der Waals surface area contributed by atoms with Crippen LogP contribution in [0.4, 0.5) is 4.79 Å². The van der Waals surface area contributed by atoms with E-state index in [-0.39, 0.29) is 17.6 Å². The summed E-state index contributed by atoms with van der Waals surface area (Å²) >= 11 is 0. The van der Waals surface area contributed by atoms with Gasteiger partial charge in [-0.25, -0.2) is 4.79 Å². The van der Waals surface area contributed by atoms with Crippen LogP contribution in [0.3, 0.4) is 0 Å². The molecule has 4 nitrogen and oxygen atoms in total. The van der Waals surface area contributed by atoms with Crippen LogP contribution in [0.1, 0.15) is 54.4 Å². The van der Waals surface area contributed by atoms with Crippen LogP contribution in [0.25, 0.3) is 0 Å². The first kappa shape index (κ1) is 16.3. The van der Waals surface area contributed by atoms with Gasteiger partial charge in [0.1, 0.15) is 5.60 Å². The van der Waals surface area contributed by atoms with E-state index in [9.17, 15) is 4.79 Å². The molecule has 1 aliphatic carbocycles. The molecule has 1 aliphatic rings. The summed E-state index contributed by atoms with van der Waals surface area (Å²) in [4.78, 5) is 11.8. The lowest BCUT2D eigenvalue weighted by molar-refractivity contribution is 0.0497. The molecule has 0 heterocycles. The van der Waals surface area contributed by atoms with Crippen LogP contribution >= 0.6 is 0 Å². The Morgan fingerprint density at radius 2 is 1.79 bits per heavy atom. The van der Waals surface area contributed by atoms with Gasteiger partial charge in [-0.05, 0) is 44.9 Å². The maximum atomic E-state index is 11.8. The number of rotatable bonds is 5. The Morgan fingerprint density at radius 1 is 1.21 bits per heavy atom. The maximum absolute atomic E-state index is 11.8. The Bertz CT molecular complexity index is 298. The predicted octanol–water partition coefficient (Wildman–Crippen LogP) is 2.93. The molecule has 0 aromatic carbocycles. The van der Waals surface area contributed by atoms with Gasteiger partial charge in [0.05, 0.1) is 0 Å². The van der Waals surface area contributed by atoms with Crippen molar-refractivity contribution in [3.8, 4) is 0 Å². The average molecular weight is 270 g/mol. The highest BCUT2D eigenvalue weighted by Gasteiger charge is 2.33. The summed E-state index contributed by atoms with van der Waals surface area (Å²) < 4.78 is 5.32. The Morgan fingerprint density at radius 3 is 2.21 bits per heavy atom. The number of nitrogens with one attached hydrogen (secondary N) is 2. The largest absolute Gasteiger partial charge is 0.444 e. The van der Waals surface area contributed by atoms with Gasteiger partial charge in [-0.1, -0.05) is 20.8 Å². The first-order chi connectivity index (χ1) is 8.57. The van der Waals surface area contributed by atoms with E-state index in [1.165, 1.54) is 12.8 Å². The standard InChI is InChI=1S/C15H30N2O2/c1-14(2,3)10-16-9-12(11-7-8-11)17-13(18)19-15(4,5)6/h11-12,16H,7-10H2,1-6H3,(H,17,18). The Hall–Kier alpha value is -0.770. The molecule has 4 heteroatoms. The number of ether oxygens (including phenoxy) is 1. The Balaban J connectivity index is 2.35. The van der Waals surface area contributed by atoms with Crippen LogP contribution in [-0.4, -0.2) is 30.8 Å². The molecule has 0 aromatic heterocycles. The van der Waals surface area contributed by atoms with Gasteiger partial charge in [0.15, 0.2) is 0 Å². The van der Waals surface area contributed by atoms with Crippen molar-refractivity contribution in [1.82, 2.24) is 10.6 Å². The number of hydrogen-bond acceptors (Lipinski definition) is 3. The molecule has 0 aromatic rings. The molecular formula is C15H30N2O2. The summed E-state index contributed by atoms with van der Waals surface area (Å²) in [7, 11) is 0. The molecule has 2 N–H and O–H groups in total. The minimum Gasteiger partial charge on any atom is -0.444 e. The van der Waals surface area contributed by atoms with E-state index >= 15 is 0 Å². The van der Waals surface area contributed by atoms with E-state index in [0.29, 0.717) is 5.92 Å². The summed E-state index contributed by atoms with van der Waals surface area (Å²) in [5.74, 6) is 0.611. The second-order valence-corrected chi connectivity index (χ2v) is 7.78. The number of carbonyl (C=O) groups is 1. The SMILES string of the molecule is CC(C)(C)CNCC(NC(=O)OC(C)(C)C)C1CC1. The van der Waals surface area contributed by atoms with E-state index in [1.807, 2.05) is 20.8 Å². The van der Waals surface area contributed by atoms with E-state index < -0.39 is 5.60 Å². The molecule has 1 unspecified atom stereocenters. The van der Waals surface area contributed by atoms with Gasteiger partial charge in [-0.2, -0.15) is 0 Å². The Labute approximate surface area is 117 Å². The van der Waals surface area contributed by atoms with E-state index in [2.05, 4.69) is 31.4 Å². The summed E-state index contributed by atoms with van der Waals surface area (Å²) in [6.45, 7) is 14.0. The zero-order valence-corrected chi connectivity index (χ0v) is 13.3. The number of amides is 1. The van der Waals surface area contributed by atoms with Crippen LogP contribution in [-0.2, 0) is 4.74 Å². The predicted molar refractivity (Wildman–Crippen MR) is 78.2 cm³/mol. The van der Waals surface area contributed by atoms with Crippen LogP contribution in [0.2, 0.25) is 0 Å². The van der Waals surface area contributed by atoms with Crippen LogP contribution in [0.5, 0.6) is 0 Å². The molecule has 0 radical (unpaired) electrons. The lowest BCUT2D eigenvalue weighted by Gasteiger charge is -2.25. The molecule has 0 saturated heterocycles. The fourth-order valence-electron chi connectivity index (χ4n) is 1.90. The summed E-state index contributed by atoms with van der Waals surface area (Å²) in [5, 5.41) is 6.44. The van der Waals surface area contributed by atoms with Gasteiger partial charge < -0.3 is 15.4 Å². The van der Waals surface area contributed by atoms with E-state index in [1.54, 1.807) is 0 Å². The lowest BCUT2D eigenvalue weighted by atomic mass is 9.97. The van der Waals surface area contributed by atoms with Gasteiger partial charge in [0, 0.05) is 19.1 Å². The fourth-order valence-corrected chi connectivity index (χ4v) is 1.90. The third-order valence-corrected chi connectivity index (χ3v) is 2.91. The molecule has 1 atom stereocenters. The first-order valence-electron chi connectivity index (χ1n) is 7.27. The quantitative estimate of drug-likeness (QED) is 0.807. The van der Waals surface area contributed by atoms with Crippen molar-refractivity contribution >= 4 is 6.09 Å². The topological polar surface area (TPSA) is 50.4 Å². The van der Waals surface area contributed by atoms with Crippen LogP contribution in [0, 0.1) is 11.3 Å². The normalized spacial score (nSPS) is 18.0. The third-order valence-electron chi connectivity index (χ3n) is 2.91. The van der Waals surface area contributed by atoms with Crippen LogP contribution in [0.15, 0.2) is 0 Å². The zero-order valence-electron chi connectivity index (χ0n) is 13.3. The molecule has 1 fully saturated rings. The molecule has 0 aliphatic heterocycles. The van der Waals surface area contributed by atoms with Crippen molar-refractivity contribution in [1.29, 1.82) is 0 Å². The third kappa shape index (κ3) is 8.09. The second kappa shape index (κ2) is 6.12. The van der Waals surface area contributed by atoms with Gasteiger partial charge in [-0.15, -0.1) is 0 Å². The fraction of sp³-hybridized carbons (Fsp3) is 0.933. The lowest BCUT2D eigenvalue weighted by Crippen LogP contribution is -2.46. The number of hydrogen-bond donors (Lipinski definition) is 2. The minimum absolute atomic E-state index is 0.192. The molecular weight excluding hydrogens is 240 g/mol. The molecule has 0 bridgehead atoms. The average Bonchev–Trinajstić information content (AvgIpc) is 2.93. The van der Waals surface area contributed by atoms with Crippen molar-refractivity contribution in [2.24, 2.45) is 11.3 Å². The molecule has 1 rings (SSSR count). The van der Waals surface area contributed by atoms with Gasteiger partial charge in [0.25, 0.3) is 0 Å². The summed E-state index contributed by atoms with van der Waals surface area (Å²) in [6.07, 6.45) is 2.11. The van der Waals surface area contributed by atoms with Crippen molar-refractivity contribution in [2.45, 2.75) is 66.0 Å². The first-order valence-corrected chi connectivity index (χ1v) is 7.27. The molecule has 112 valence electrons. The van der Waals surface area contributed by atoms with Gasteiger partial charge in [-0.3, -0.25) is 0 Å². The maximum Gasteiger partial charge on any atom is 0.407 e. The Kier molecular flexibility index (Phi) is 5.25. The molecule has 19 heavy (non-hydrogen) atoms. The highest BCUT2D eigenvalue weighted by Crippen LogP contribution is 2.32. The van der Waals surface area contributed by atoms with Crippen LogP contribution < -0.4 is 10.6 Å². The molecule has 0 spiro atoms. The van der Waals surface area contributed by atoms with Gasteiger partial charge >= 0.3 is 6.09 Å². The van der Waals surface area contributed by atoms with E-state index in [4.69, 9.17) is 4.74 Å². The molecule has 1 amide bonds. The monoisotopic (exact) mass is 270 g/mol. The smallest absolute Gasteiger partial charge is 0.407 e. The number of alkyl carbamates (subject to hydrolysis) is 1. The number of carbonyl (C=O) groups excluding carboxylic acids is 1. The van der Waals surface area contributed by atoms with Crippen molar-refractivity contribution in [3.63, 3.8) is 0 Å². The van der Waals surface area contributed by atoms with Crippen molar-refractivity contribution < 1.29 is 9.53 Å². The van der Waals surface area contributed by atoms with Crippen molar-refractivity contribution in [2.75, 3.05) is 13.1 Å². The minimum atomic E-state index is -0.434. The summed E-state index contributed by atoms with van der Waals surface area (Å²) in [5.41, 5.74) is -0.170. The van der Waals surface area contributed by atoms with Crippen molar-refractivity contribution in [3.05, 3.63) is 0 Å². The summed E-state index contributed by atoms with van der Waals surface area (Å²) in [6, 6.07) is 0.192. The zero-order chi connectivity index (χ0) is 14.7. The second-order valence-electron chi connectivity index (χ2n) is 7.78. The highest BCUT2D eigenvalue weighted by molar-refractivity contribution is 5.68. The highest BCUT2D eigenvalue weighted by atomic mass is 16.6. The van der Waals surface area contributed by atoms with Gasteiger partial charge in [0.2, 0.25) is 0 Å². The molecule has 1 saturated carbocycles.